The van der Waals surface area contributed by atoms with Crippen molar-refractivity contribution in [3.63, 3.8) is 0 Å². The summed E-state index contributed by atoms with van der Waals surface area (Å²) in [6, 6.07) is 2.12. The Morgan fingerprint density at radius 2 is 2.13 bits per heavy atom. The van der Waals surface area contributed by atoms with E-state index in [1.807, 2.05) is 0 Å². The summed E-state index contributed by atoms with van der Waals surface area (Å²) in [6.07, 6.45) is 0.908. The fraction of sp³-hybridized carbons (Fsp3) is 0.700. The Kier molecular flexibility index (Phi) is 1.91. The number of hydrogen-bond acceptors (Lipinski definition) is 5. The van der Waals surface area contributed by atoms with E-state index in [1.54, 1.807) is 0 Å². The van der Waals surface area contributed by atoms with E-state index >= 15 is 0 Å². The van der Waals surface area contributed by atoms with Gasteiger partial charge in [0.25, 0.3) is 0 Å². The first-order valence-electron chi connectivity index (χ1n) is 5.00. The normalized spacial score (nSPS) is 47.0. The molecule has 0 aromatic rings. The van der Waals surface area contributed by atoms with Gasteiger partial charge in [0, 0.05) is 12.3 Å². The van der Waals surface area contributed by atoms with E-state index in [2.05, 4.69) is 6.07 Å². The molecule has 3 aliphatic rings. The van der Waals surface area contributed by atoms with Gasteiger partial charge < -0.3 is 4.74 Å². The summed E-state index contributed by atoms with van der Waals surface area (Å²) in [4.78, 5) is 23.1. The molecule has 15 heavy (non-hydrogen) atoms. The summed E-state index contributed by atoms with van der Waals surface area (Å²) >= 11 is 0.839. The first kappa shape index (κ1) is 9.37. The molecule has 0 saturated carbocycles. The molecule has 4 nitrogen and oxygen atoms in total. The minimum absolute atomic E-state index is 0.0343. The lowest BCUT2D eigenvalue weighted by atomic mass is 9.74. The van der Waals surface area contributed by atoms with Crippen LogP contribution < -0.4 is 0 Å². The van der Waals surface area contributed by atoms with Crippen molar-refractivity contribution in [3.05, 3.63) is 0 Å². The predicted molar refractivity (Wildman–Crippen MR) is 51.6 cm³/mol. The molecule has 3 heterocycles. The Morgan fingerprint density at radius 1 is 1.40 bits per heavy atom. The van der Waals surface area contributed by atoms with Gasteiger partial charge in [0.15, 0.2) is 0 Å². The molecule has 0 unspecified atom stereocenters. The zero-order valence-corrected chi connectivity index (χ0v) is 8.70. The molecule has 0 spiro atoms. The molecule has 0 radical (unpaired) electrons. The van der Waals surface area contributed by atoms with Crippen molar-refractivity contribution in [1.29, 1.82) is 5.26 Å². The smallest absolute Gasteiger partial charge is 0.202 e. The van der Waals surface area contributed by atoms with Crippen LogP contribution in [-0.4, -0.2) is 22.4 Å². The van der Waals surface area contributed by atoms with Crippen molar-refractivity contribution in [2.24, 2.45) is 17.8 Å². The van der Waals surface area contributed by atoms with E-state index in [0.717, 1.165) is 18.2 Å². The Bertz CT molecular complexity index is 389. The second-order valence-corrected chi connectivity index (χ2v) is 5.30. The first-order chi connectivity index (χ1) is 7.22. The number of thioether (sulfide) groups is 1. The quantitative estimate of drug-likeness (QED) is 0.655. The van der Waals surface area contributed by atoms with Crippen LogP contribution in [0.2, 0.25) is 0 Å². The number of rotatable bonds is 1. The average Bonchev–Trinajstić information content (AvgIpc) is 2.80. The number of carbonyl (C=O) groups is 2. The van der Waals surface area contributed by atoms with Crippen molar-refractivity contribution in [3.8, 4) is 6.07 Å². The van der Waals surface area contributed by atoms with Crippen molar-refractivity contribution in [2.45, 2.75) is 25.0 Å². The molecule has 0 aromatic heterocycles. The summed E-state index contributed by atoms with van der Waals surface area (Å²) in [7, 11) is 0. The van der Waals surface area contributed by atoms with Crippen LogP contribution >= 0.6 is 11.8 Å². The molecule has 5 heteroatoms. The van der Waals surface area contributed by atoms with Gasteiger partial charge >= 0.3 is 0 Å². The first-order valence-corrected chi connectivity index (χ1v) is 5.82. The second-order valence-electron chi connectivity index (χ2n) is 4.29. The van der Waals surface area contributed by atoms with Crippen molar-refractivity contribution < 1.29 is 14.3 Å². The maximum atomic E-state index is 11.6. The van der Waals surface area contributed by atoms with Crippen LogP contribution in [0.1, 0.15) is 12.8 Å². The third kappa shape index (κ3) is 1.12. The van der Waals surface area contributed by atoms with Crippen LogP contribution in [0, 0.1) is 29.1 Å². The minimum atomic E-state index is -0.264. The number of nitriles is 1. The highest BCUT2D eigenvalue weighted by atomic mass is 32.2. The summed E-state index contributed by atoms with van der Waals surface area (Å²) in [6.45, 7) is 0. The second kappa shape index (κ2) is 3.06. The lowest BCUT2D eigenvalue weighted by Crippen LogP contribution is -2.34. The molecule has 3 saturated heterocycles. The minimum Gasteiger partial charge on any atom is -0.373 e. The zero-order chi connectivity index (χ0) is 10.6. The van der Waals surface area contributed by atoms with E-state index in [-0.39, 0.29) is 40.2 Å². The van der Waals surface area contributed by atoms with Crippen LogP contribution in [0.5, 0.6) is 0 Å². The lowest BCUT2D eigenvalue weighted by molar-refractivity contribution is -0.120. The molecule has 0 N–H and O–H groups in total. The molecule has 0 aromatic carbocycles. The number of ether oxygens (including phenoxy) is 1. The van der Waals surface area contributed by atoms with Gasteiger partial charge in [0.1, 0.15) is 0 Å². The van der Waals surface area contributed by atoms with E-state index in [1.165, 1.54) is 0 Å². The van der Waals surface area contributed by atoms with Gasteiger partial charge in [-0.3, -0.25) is 9.59 Å². The van der Waals surface area contributed by atoms with Crippen LogP contribution in [0.25, 0.3) is 0 Å². The Hall–Kier alpha value is -0.860. The lowest BCUT2D eigenvalue weighted by Gasteiger charge is -2.23. The molecule has 5 atom stereocenters. The Morgan fingerprint density at radius 3 is 2.87 bits per heavy atom. The zero-order valence-electron chi connectivity index (χ0n) is 7.88. The summed E-state index contributed by atoms with van der Waals surface area (Å²) < 4.78 is 5.64. The van der Waals surface area contributed by atoms with Gasteiger partial charge in [0.2, 0.25) is 10.2 Å². The monoisotopic (exact) mass is 223 g/mol. The maximum Gasteiger partial charge on any atom is 0.202 e. The topological polar surface area (TPSA) is 67.2 Å². The highest BCUT2D eigenvalue weighted by Gasteiger charge is 2.62. The molecular formula is C10H9NO3S. The standard InChI is InChI=1S/C10H9NO3S/c11-2-1-4-3-5-6-7(8(4)14-5)10(13)15-9(6)12/h4-8H,1,3H2/t4-,5-,6-,7-,8+/m1/s1. The summed E-state index contributed by atoms with van der Waals surface area (Å²) in [5.74, 6) is -0.334. The summed E-state index contributed by atoms with van der Waals surface area (Å²) in [5, 5.41) is 8.56. The fourth-order valence-electron chi connectivity index (χ4n) is 2.98. The molecule has 3 rings (SSSR count). The SMILES string of the molecule is N#CC[C@@H]1C[C@H]2O[C@@H]1[C@@H]1C(=O)SC(=O)[C@@H]12. The highest BCUT2D eigenvalue weighted by molar-refractivity contribution is 8.26. The van der Waals surface area contributed by atoms with Gasteiger partial charge in [0.05, 0.1) is 30.1 Å². The molecule has 3 aliphatic heterocycles. The van der Waals surface area contributed by atoms with Crippen LogP contribution in [0.3, 0.4) is 0 Å². The van der Waals surface area contributed by atoms with E-state index in [0.29, 0.717) is 6.42 Å². The number of nitrogens with zero attached hydrogens (tertiary/aromatic N) is 1. The Balaban J connectivity index is 1.89. The van der Waals surface area contributed by atoms with E-state index in [4.69, 9.17) is 10.00 Å². The summed E-state index contributed by atoms with van der Waals surface area (Å²) in [5.41, 5.74) is 0. The molecule has 2 bridgehead atoms. The molecular weight excluding hydrogens is 214 g/mol. The maximum absolute atomic E-state index is 11.6. The number of carbonyl (C=O) groups excluding carboxylic acids is 2. The molecule has 78 valence electrons. The van der Waals surface area contributed by atoms with Gasteiger partial charge in [-0.2, -0.15) is 5.26 Å². The van der Waals surface area contributed by atoms with Crippen molar-refractivity contribution in [2.75, 3.05) is 0 Å². The van der Waals surface area contributed by atoms with Gasteiger partial charge in [-0.05, 0) is 18.2 Å². The van der Waals surface area contributed by atoms with E-state index < -0.39 is 0 Å². The van der Waals surface area contributed by atoms with Gasteiger partial charge in [-0.15, -0.1) is 0 Å². The van der Waals surface area contributed by atoms with Gasteiger partial charge in [-0.25, -0.2) is 0 Å². The van der Waals surface area contributed by atoms with Crippen LogP contribution in [-0.2, 0) is 14.3 Å². The van der Waals surface area contributed by atoms with Crippen molar-refractivity contribution >= 4 is 22.0 Å². The van der Waals surface area contributed by atoms with Gasteiger partial charge in [-0.1, -0.05) is 0 Å². The van der Waals surface area contributed by atoms with E-state index in [9.17, 15) is 9.59 Å². The highest BCUT2D eigenvalue weighted by Crippen LogP contribution is 2.54. The Labute approximate surface area is 91.0 Å². The average molecular weight is 223 g/mol. The van der Waals surface area contributed by atoms with Crippen LogP contribution in [0.15, 0.2) is 0 Å². The third-order valence-corrected chi connectivity index (χ3v) is 4.52. The molecule has 0 amide bonds. The number of hydrogen-bond donors (Lipinski definition) is 0. The largest absolute Gasteiger partial charge is 0.373 e. The molecule has 3 fully saturated rings. The fourth-order valence-corrected chi connectivity index (χ4v) is 4.03. The number of fused-ring (bicyclic) bond motifs is 5. The molecule has 0 aliphatic carbocycles. The third-order valence-electron chi connectivity index (χ3n) is 3.57. The van der Waals surface area contributed by atoms with Crippen molar-refractivity contribution in [1.82, 2.24) is 0 Å². The van der Waals surface area contributed by atoms with Crippen LogP contribution in [0.4, 0.5) is 0 Å². The predicted octanol–water partition coefficient (Wildman–Crippen LogP) is 0.720.